The number of anilines is 1. The third-order valence-electron chi connectivity index (χ3n) is 2.39. The predicted octanol–water partition coefficient (Wildman–Crippen LogP) is 2.73. The van der Waals surface area contributed by atoms with Gasteiger partial charge < -0.3 is 10.2 Å². The van der Waals surface area contributed by atoms with E-state index in [1.54, 1.807) is 0 Å². The summed E-state index contributed by atoms with van der Waals surface area (Å²) < 4.78 is 0. The van der Waals surface area contributed by atoms with Crippen molar-refractivity contribution < 1.29 is 4.79 Å². The standard InChI is InChI=1S/C14H22N2O/c1-14(2,3)13(17)15-12-8-6-11(7-9-12)10-16(4)5/h6-9H,10H2,1-5H3,(H,15,17). The molecule has 0 fully saturated rings. The first-order valence-corrected chi connectivity index (χ1v) is 5.84. The molecular formula is C14H22N2O. The van der Waals surface area contributed by atoms with E-state index in [0.717, 1.165) is 12.2 Å². The van der Waals surface area contributed by atoms with Gasteiger partial charge in [0.25, 0.3) is 0 Å². The van der Waals surface area contributed by atoms with Crippen molar-refractivity contribution in [1.29, 1.82) is 0 Å². The second-order valence-electron chi connectivity index (χ2n) is 5.64. The molecule has 0 aliphatic rings. The second kappa shape index (κ2) is 5.32. The summed E-state index contributed by atoms with van der Waals surface area (Å²) >= 11 is 0. The van der Waals surface area contributed by atoms with Crippen LogP contribution < -0.4 is 5.32 Å². The van der Waals surface area contributed by atoms with Crippen LogP contribution in [0.3, 0.4) is 0 Å². The van der Waals surface area contributed by atoms with Gasteiger partial charge in [0.15, 0.2) is 0 Å². The molecule has 1 amide bonds. The number of hydrogen-bond acceptors (Lipinski definition) is 2. The highest BCUT2D eigenvalue weighted by atomic mass is 16.2. The largest absolute Gasteiger partial charge is 0.326 e. The molecule has 0 saturated heterocycles. The summed E-state index contributed by atoms with van der Waals surface area (Å²) in [7, 11) is 4.07. The first kappa shape index (κ1) is 13.7. The third kappa shape index (κ3) is 4.57. The lowest BCUT2D eigenvalue weighted by molar-refractivity contribution is -0.123. The molecule has 0 aliphatic carbocycles. The third-order valence-corrected chi connectivity index (χ3v) is 2.39. The molecule has 1 N–H and O–H groups in total. The molecule has 0 aromatic heterocycles. The Hall–Kier alpha value is -1.35. The summed E-state index contributed by atoms with van der Waals surface area (Å²) in [5.74, 6) is 0.0397. The Morgan fingerprint density at radius 3 is 2.12 bits per heavy atom. The molecule has 0 saturated carbocycles. The van der Waals surface area contributed by atoms with Gasteiger partial charge in [-0.15, -0.1) is 0 Å². The fourth-order valence-electron chi connectivity index (χ4n) is 1.38. The Morgan fingerprint density at radius 2 is 1.71 bits per heavy atom. The molecule has 17 heavy (non-hydrogen) atoms. The summed E-state index contributed by atoms with van der Waals surface area (Å²) in [6.45, 7) is 6.63. The van der Waals surface area contributed by atoms with Crippen molar-refractivity contribution in [3.8, 4) is 0 Å². The fourth-order valence-corrected chi connectivity index (χ4v) is 1.38. The number of carbonyl (C=O) groups is 1. The van der Waals surface area contributed by atoms with E-state index < -0.39 is 0 Å². The normalized spacial score (nSPS) is 11.6. The lowest BCUT2D eigenvalue weighted by atomic mass is 9.95. The summed E-state index contributed by atoms with van der Waals surface area (Å²) in [6.07, 6.45) is 0. The van der Waals surface area contributed by atoms with Gasteiger partial charge >= 0.3 is 0 Å². The fraction of sp³-hybridized carbons (Fsp3) is 0.500. The molecule has 0 atom stereocenters. The Bertz CT molecular complexity index is 374. The van der Waals surface area contributed by atoms with E-state index in [1.165, 1.54) is 5.56 Å². The van der Waals surface area contributed by atoms with Gasteiger partial charge in [-0.2, -0.15) is 0 Å². The molecule has 0 bridgehead atoms. The van der Waals surface area contributed by atoms with Crippen LogP contribution >= 0.6 is 0 Å². The summed E-state index contributed by atoms with van der Waals surface area (Å²) in [5.41, 5.74) is 1.73. The van der Waals surface area contributed by atoms with E-state index in [-0.39, 0.29) is 11.3 Å². The number of rotatable bonds is 3. The van der Waals surface area contributed by atoms with Gasteiger partial charge in [0.2, 0.25) is 5.91 Å². The van der Waals surface area contributed by atoms with E-state index >= 15 is 0 Å². The monoisotopic (exact) mass is 234 g/mol. The molecule has 3 heteroatoms. The molecule has 0 aliphatic heterocycles. The Balaban J connectivity index is 2.66. The van der Waals surface area contributed by atoms with Gasteiger partial charge in [-0.25, -0.2) is 0 Å². The number of benzene rings is 1. The molecule has 1 aromatic rings. The van der Waals surface area contributed by atoms with Crippen molar-refractivity contribution in [2.45, 2.75) is 27.3 Å². The van der Waals surface area contributed by atoms with Crippen LogP contribution in [0.2, 0.25) is 0 Å². The van der Waals surface area contributed by atoms with Crippen LogP contribution in [0.1, 0.15) is 26.3 Å². The highest BCUT2D eigenvalue weighted by Crippen LogP contribution is 2.17. The van der Waals surface area contributed by atoms with E-state index in [2.05, 4.69) is 10.2 Å². The Kier molecular flexibility index (Phi) is 4.29. The summed E-state index contributed by atoms with van der Waals surface area (Å²) in [5, 5.41) is 2.91. The zero-order chi connectivity index (χ0) is 13.1. The van der Waals surface area contributed by atoms with E-state index in [9.17, 15) is 4.79 Å². The molecule has 0 heterocycles. The quantitative estimate of drug-likeness (QED) is 0.872. The smallest absolute Gasteiger partial charge is 0.229 e. The van der Waals surface area contributed by atoms with Crippen LogP contribution in [0.25, 0.3) is 0 Å². The molecule has 1 aromatic carbocycles. The average molecular weight is 234 g/mol. The molecule has 0 unspecified atom stereocenters. The van der Waals surface area contributed by atoms with Gasteiger partial charge in [0.05, 0.1) is 0 Å². The van der Waals surface area contributed by atoms with Gasteiger partial charge in [-0.1, -0.05) is 32.9 Å². The lowest BCUT2D eigenvalue weighted by Gasteiger charge is -2.18. The van der Waals surface area contributed by atoms with Crippen molar-refractivity contribution in [3.05, 3.63) is 29.8 Å². The van der Waals surface area contributed by atoms with Crippen LogP contribution in [-0.2, 0) is 11.3 Å². The van der Waals surface area contributed by atoms with E-state index in [1.807, 2.05) is 59.1 Å². The number of carbonyl (C=O) groups excluding carboxylic acids is 1. The van der Waals surface area contributed by atoms with Crippen LogP contribution in [0.5, 0.6) is 0 Å². The second-order valence-corrected chi connectivity index (χ2v) is 5.64. The van der Waals surface area contributed by atoms with E-state index in [4.69, 9.17) is 0 Å². The maximum absolute atomic E-state index is 11.8. The van der Waals surface area contributed by atoms with Crippen molar-refractivity contribution in [1.82, 2.24) is 4.90 Å². The van der Waals surface area contributed by atoms with Gasteiger partial charge in [0, 0.05) is 17.6 Å². The molecule has 94 valence electrons. The zero-order valence-corrected chi connectivity index (χ0v) is 11.4. The minimum atomic E-state index is -0.359. The van der Waals surface area contributed by atoms with Crippen LogP contribution in [0.15, 0.2) is 24.3 Å². The van der Waals surface area contributed by atoms with Crippen molar-refractivity contribution in [3.63, 3.8) is 0 Å². The minimum Gasteiger partial charge on any atom is -0.326 e. The highest BCUT2D eigenvalue weighted by Gasteiger charge is 2.20. The Morgan fingerprint density at radius 1 is 1.18 bits per heavy atom. The molecule has 0 radical (unpaired) electrons. The van der Waals surface area contributed by atoms with Gasteiger partial charge in [0.1, 0.15) is 0 Å². The minimum absolute atomic E-state index is 0.0397. The predicted molar refractivity (Wildman–Crippen MR) is 71.9 cm³/mol. The first-order chi connectivity index (χ1) is 7.79. The summed E-state index contributed by atoms with van der Waals surface area (Å²) in [4.78, 5) is 13.9. The summed E-state index contributed by atoms with van der Waals surface area (Å²) in [6, 6.07) is 7.97. The molecule has 1 rings (SSSR count). The van der Waals surface area contributed by atoms with Crippen molar-refractivity contribution in [2.75, 3.05) is 19.4 Å². The number of amides is 1. The topological polar surface area (TPSA) is 32.3 Å². The van der Waals surface area contributed by atoms with E-state index in [0.29, 0.717) is 0 Å². The number of nitrogens with one attached hydrogen (secondary N) is 1. The van der Waals surface area contributed by atoms with Crippen LogP contribution in [-0.4, -0.2) is 24.9 Å². The molecular weight excluding hydrogens is 212 g/mol. The van der Waals surface area contributed by atoms with Gasteiger partial charge in [-0.3, -0.25) is 4.79 Å². The zero-order valence-electron chi connectivity index (χ0n) is 11.4. The maximum atomic E-state index is 11.8. The SMILES string of the molecule is CN(C)Cc1ccc(NC(=O)C(C)(C)C)cc1. The first-order valence-electron chi connectivity index (χ1n) is 5.84. The number of hydrogen-bond donors (Lipinski definition) is 1. The Labute approximate surface area is 104 Å². The van der Waals surface area contributed by atoms with Crippen molar-refractivity contribution >= 4 is 11.6 Å². The highest BCUT2D eigenvalue weighted by molar-refractivity contribution is 5.94. The van der Waals surface area contributed by atoms with Crippen LogP contribution in [0.4, 0.5) is 5.69 Å². The molecule has 0 spiro atoms. The maximum Gasteiger partial charge on any atom is 0.229 e. The molecule has 3 nitrogen and oxygen atoms in total. The van der Waals surface area contributed by atoms with Gasteiger partial charge in [-0.05, 0) is 31.8 Å². The lowest BCUT2D eigenvalue weighted by Crippen LogP contribution is -2.27. The average Bonchev–Trinajstić information content (AvgIpc) is 2.18. The van der Waals surface area contributed by atoms with Crippen LogP contribution in [0, 0.1) is 5.41 Å². The number of nitrogens with zero attached hydrogens (tertiary/aromatic N) is 1. The van der Waals surface area contributed by atoms with Crippen molar-refractivity contribution in [2.24, 2.45) is 5.41 Å².